The first-order chi connectivity index (χ1) is 14.6. The molecule has 0 bridgehead atoms. The van der Waals surface area contributed by atoms with Crippen LogP contribution >= 0.6 is 0 Å². The molecule has 10 heteroatoms. The molecule has 1 aliphatic carbocycles. The van der Waals surface area contributed by atoms with Crippen LogP contribution in [0.2, 0.25) is 0 Å². The molecular formula is C21H21F3N2O5. The zero-order valence-electron chi connectivity index (χ0n) is 17.2. The number of ketones is 1. The van der Waals surface area contributed by atoms with Gasteiger partial charge in [-0.05, 0) is 12.2 Å². The Morgan fingerprint density at radius 1 is 1.00 bits per heavy atom. The number of allylic oxidation sites excluding steroid dienone is 3. The fraction of sp³-hybridized carbons (Fsp3) is 0.333. The summed E-state index contributed by atoms with van der Waals surface area (Å²) in [6.45, 7) is -1.71. The molecule has 3 rings (SSSR count). The number of ether oxygens (including phenoxy) is 3. The van der Waals surface area contributed by atoms with Gasteiger partial charge < -0.3 is 24.0 Å². The van der Waals surface area contributed by atoms with Crippen molar-refractivity contribution in [3.8, 4) is 17.2 Å². The predicted octanol–water partition coefficient (Wildman–Crippen LogP) is 2.83. The highest BCUT2D eigenvalue weighted by atomic mass is 19.4. The van der Waals surface area contributed by atoms with E-state index in [0.717, 1.165) is 6.08 Å². The van der Waals surface area contributed by atoms with Crippen LogP contribution in [0.25, 0.3) is 0 Å². The number of fused-ring (bicyclic) bond motifs is 1. The van der Waals surface area contributed by atoms with Gasteiger partial charge in [-0.15, -0.1) is 0 Å². The van der Waals surface area contributed by atoms with Crippen molar-refractivity contribution in [2.24, 2.45) is 0 Å². The molecule has 1 aromatic carbocycles. The van der Waals surface area contributed by atoms with Crippen molar-refractivity contribution in [2.45, 2.75) is 12.7 Å². The van der Waals surface area contributed by atoms with Gasteiger partial charge in [0.15, 0.2) is 5.78 Å². The standard InChI is InChI=1S/C21H21F3N2O5/c1-29-15-7-18(30-2)16(19(8-15)31-3)10-25-9-13-4-5-14(27)6-17(13)26(20(28)11-25)12-21(22,23)24/h4-9H,10-12H2,1-3H3. The Morgan fingerprint density at radius 2 is 1.65 bits per heavy atom. The lowest BCUT2D eigenvalue weighted by Gasteiger charge is -2.26. The second-order valence-corrected chi connectivity index (χ2v) is 6.86. The molecule has 166 valence electrons. The Balaban J connectivity index is 2.01. The number of benzene rings is 1. The molecule has 1 amide bonds. The van der Waals surface area contributed by atoms with E-state index in [4.69, 9.17) is 14.2 Å². The Bertz CT molecular complexity index is 957. The van der Waals surface area contributed by atoms with E-state index in [1.165, 1.54) is 33.5 Å². The van der Waals surface area contributed by atoms with Crippen molar-refractivity contribution >= 4 is 11.7 Å². The Morgan fingerprint density at radius 3 is 2.19 bits per heavy atom. The molecule has 0 fully saturated rings. The van der Waals surface area contributed by atoms with Crippen LogP contribution in [0.3, 0.4) is 0 Å². The van der Waals surface area contributed by atoms with E-state index in [0.29, 0.717) is 33.3 Å². The third-order valence-electron chi connectivity index (χ3n) is 4.77. The summed E-state index contributed by atoms with van der Waals surface area (Å²) in [5, 5.41) is 0. The first kappa shape index (κ1) is 22.3. The maximum Gasteiger partial charge on any atom is 0.406 e. The van der Waals surface area contributed by atoms with Gasteiger partial charge in [-0.1, -0.05) is 0 Å². The normalized spacial score (nSPS) is 16.5. The topological polar surface area (TPSA) is 68.3 Å². The summed E-state index contributed by atoms with van der Waals surface area (Å²) in [6.07, 6.45) is 0.599. The van der Waals surface area contributed by atoms with Crippen LogP contribution in [0.4, 0.5) is 13.2 Å². The van der Waals surface area contributed by atoms with Gasteiger partial charge in [0, 0.05) is 30.0 Å². The van der Waals surface area contributed by atoms with Crippen molar-refractivity contribution in [3.05, 3.63) is 53.4 Å². The number of nitrogens with zero attached hydrogens (tertiary/aromatic N) is 2. The Kier molecular flexibility index (Phi) is 6.28. The number of carbonyl (C=O) groups excluding carboxylic acids is 2. The zero-order valence-corrected chi connectivity index (χ0v) is 17.2. The highest BCUT2D eigenvalue weighted by Crippen LogP contribution is 2.36. The summed E-state index contributed by atoms with van der Waals surface area (Å²) in [5.41, 5.74) is 0.827. The highest BCUT2D eigenvalue weighted by molar-refractivity contribution is 6.03. The second-order valence-electron chi connectivity index (χ2n) is 6.86. The molecule has 0 aromatic heterocycles. The van der Waals surface area contributed by atoms with Gasteiger partial charge in [0.25, 0.3) is 0 Å². The lowest BCUT2D eigenvalue weighted by molar-refractivity contribution is -0.157. The summed E-state index contributed by atoms with van der Waals surface area (Å²) in [6, 6.07) is 3.29. The molecule has 1 heterocycles. The van der Waals surface area contributed by atoms with Gasteiger partial charge in [-0.3, -0.25) is 9.59 Å². The quantitative estimate of drug-likeness (QED) is 0.681. The summed E-state index contributed by atoms with van der Waals surface area (Å²) < 4.78 is 55.4. The molecule has 31 heavy (non-hydrogen) atoms. The van der Waals surface area contributed by atoms with Gasteiger partial charge in [0.1, 0.15) is 23.8 Å². The minimum atomic E-state index is -4.62. The van der Waals surface area contributed by atoms with E-state index in [9.17, 15) is 22.8 Å². The van der Waals surface area contributed by atoms with Crippen LogP contribution in [0, 0.1) is 0 Å². The summed E-state index contributed by atoms with van der Waals surface area (Å²) >= 11 is 0. The molecule has 2 aliphatic rings. The Labute approximate surface area is 177 Å². The largest absolute Gasteiger partial charge is 0.496 e. The molecule has 0 radical (unpaired) electrons. The average molecular weight is 438 g/mol. The van der Waals surface area contributed by atoms with Gasteiger partial charge in [0.2, 0.25) is 5.91 Å². The molecule has 0 N–H and O–H groups in total. The first-order valence-electron chi connectivity index (χ1n) is 9.21. The first-order valence-corrected chi connectivity index (χ1v) is 9.21. The van der Waals surface area contributed by atoms with Crippen molar-refractivity contribution in [1.29, 1.82) is 0 Å². The van der Waals surface area contributed by atoms with Gasteiger partial charge in [0.05, 0.1) is 45.7 Å². The number of hydrogen-bond acceptors (Lipinski definition) is 6. The highest BCUT2D eigenvalue weighted by Gasteiger charge is 2.37. The molecule has 0 spiro atoms. The van der Waals surface area contributed by atoms with Gasteiger partial charge >= 0.3 is 6.18 Å². The summed E-state index contributed by atoms with van der Waals surface area (Å²) in [5.74, 6) is 0.0913. The maximum atomic E-state index is 13.1. The SMILES string of the molecule is COc1cc(OC)c(CN2C=C3C=CC(=O)C=C3N(CC(F)(F)F)C(=O)C2)c(OC)c1. The third kappa shape index (κ3) is 5.01. The molecule has 0 saturated heterocycles. The number of alkyl halides is 3. The van der Waals surface area contributed by atoms with E-state index in [1.54, 1.807) is 23.2 Å². The number of hydrogen-bond donors (Lipinski definition) is 0. The smallest absolute Gasteiger partial charge is 0.406 e. The van der Waals surface area contributed by atoms with Crippen LogP contribution in [0.1, 0.15) is 5.56 Å². The number of methoxy groups -OCH3 is 3. The maximum absolute atomic E-state index is 13.1. The lowest BCUT2D eigenvalue weighted by atomic mass is 10.0. The van der Waals surface area contributed by atoms with E-state index < -0.39 is 24.4 Å². The van der Waals surface area contributed by atoms with Crippen LogP contribution in [-0.2, 0) is 16.1 Å². The number of rotatable bonds is 6. The monoisotopic (exact) mass is 438 g/mol. The zero-order chi connectivity index (χ0) is 22.8. The van der Waals surface area contributed by atoms with Crippen LogP contribution in [0.5, 0.6) is 17.2 Å². The second kappa shape index (κ2) is 8.75. The van der Waals surface area contributed by atoms with Gasteiger partial charge in [-0.2, -0.15) is 13.2 Å². The van der Waals surface area contributed by atoms with Crippen molar-refractivity contribution < 1.29 is 37.0 Å². The predicted molar refractivity (Wildman–Crippen MR) is 105 cm³/mol. The lowest BCUT2D eigenvalue weighted by Crippen LogP contribution is -2.41. The fourth-order valence-electron chi connectivity index (χ4n) is 3.39. The van der Waals surface area contributed by atoms with Crippen LogP contribution in [0.15, 0.2) is 47.8 Å². The van der Waals surface area contributed by atoms with E-state index in [2.05, 4.69) is 0 Å². The Hall–Kier alpha value is -3.43. The molecule has 0 unspecified atom stereocenters. The van der Waals surface area contributed by atoms with Crippen LogP contribution < -0.4 is 14.2 Å². The van der Waals surface area contributed by atoms with Crippen molar-refractivity contribution in [2.75, 3.05) is 34.4 Å². The van der Waals surface area contributed by atoms with E-state index >= 15 is 0 Å². The minimum Gasteiger partial charge on any atom is -0.496 e. The average Bonchev–Trinajstić information content (AvgIpc) is 2.83. The third-order valence-corrected chi connectivity index (χ3v) is 4.77. The summed E-state index contributed by atoms with van der Waals surface area (Å²) in [7, 11) is 4.42. The van der Waals surface area contributed by atoms with Crippen molar-refractivity contribution in [3.63, 3.8) is 0 Å². The molecule has 1 aromatic rings. The molecule has 7 nitrogen and oxygen atoms in total. The molecule has 0 saturated carbocycles. The van der Waals surface area contributed by atoms with E-state index in [-0.39, 0.29) is 18.8 Å². The number of halogens is 3. The molecule has 1 aliphatic heterocycles. The minimum absolute atomic E-state index is 0.0778. The van der Waals surface area contributed by atoms with E-state index in [1.807, 2.05) is 0 Å². The molecule has 0 atom stereocenters. The van der Waals surface area contributed by atoms with Gasteiger partial charge in [-0.25, -0.2) is 0 Å². The fourth-order valence-corrected chi connectivity index (χ4v) is 3.39. The number of carbonyl (C=O) groups is 2. The number of amides is 1. The molecular weight excluding hydrogens is 417 g/mol. The summed E-state index contributed by atoms with van der Waals surface area (Å²) in [4.78, 5) is 26.7. The van der Waals surface area contributed by atoms with Crippen LogP contribution in [-0.4, -0.2) is 62.1 Å². The van der Waals surface area contributed by atoms with Crippen molar-refractivity contribution in [1.82, 2.24) is 9.80 Å².